The van der Waals surface area contributed by atoms with Crippen LogP contribution in [0.2, 0.25) is 0 Å². The molecule has 1 aromatic heterocycles. The Bertz CT molecular complexity index is 381. The lowest BCUT2D eigenvalue weighted by molar-refractivity contribution is 0.377. The molecule has 2 N–H and O–H groups in total. The molecular formula is C12H18BrN3. The third kappa shape index (κ3) is 2.23. The summed E-state index contributed by atoms with van der Waals surface area (Å²) in [4.78, 5) is 6.73. The molecule has 1 fully saturated rings. The van der Waals surface area contributed by atoms with Gasteiger partial charge in [0.1, 0.15) is 5.82 Å². The molecule has 0 radical (unpaired) electrons. The number of aromatic nitrogens is 1. The molecule has 0 spiro atoms. The molecule has 0 aromatic carbocycles. The zero-order valence-corrected chi connectivity index (χ0v) is 11.4. The third-order valence-electron chi connectivity index (χ3n) is 3.38. The van der Waals surface area contributed by atoms with Crippen molar-refractivity contribution in [1.82, 2.24) is 4.98 Å². The van der Waals surface area contributed by atoms with Crippen molar-refractivity contribution >= 4 is 21.7 Å². The first-order valence-electron chi connectivity index (χ1n) is 5.71. The van der Waals surface area contributed by atoms with Crippen LogP contribution in [0.15, 0.2) is 16.7 Å². The Morgan fingerprint density at radius 3 is 3.00 bits per heavy atom. The second kappa shape index (κ2) is 4.72. The van der Waals surface area contributed by atoms with Crippen molar-refractivity contribution in [3.63, 3.8) is 0 Å². The van der Waals surface area contributed by atoms with Gasteiger partial charge in [-0.15, -0.1) is 0 Å². The molecule has 2 heterocycles. The van der Waals surface area contributed by atoms with Gasteiger partial charge < -0.3 is 10.6 Å². The quantitative estimate of drug-likeness (QED) is 0.860. The van der Waals surface area contributed by atoms with Crippen molar-refractivity contribution in [2.75, 3.05) is 18.0 Å². The van der Waals surface area contributed by atoms with Gasteiger partial charge in [0, 0.05) is 25.3 Å². The second-order valence-electron chi connectivity index (χ2n) is 4.64. The van der Waals surface area contributed by atoms with E-state index in [1.165, 1.54) is 5.56 Å². The van der Waals surface area contributed by atoms with Crippen LogP contribution >= 0.6 is 15.9 Å². The number of piperidine rings is 1. The average molecular weight is 284 g/mol. The zero-order chi connectivity index (χ0) is 11.7. The minimum absolute atomic E-state index is 0.253. The van der Waals surface area contributed by atoms with Crippen molar-refractivity contribution in [3.05, 3.63) is 22.3 Å². The van der Waals surface area contributed by atoms with Gasteiger partial charge in [0.05, 0.1) is 4.47 Å². The van der Waals surface area contributed by atoms with Crippen molar-refractivity contribution in [3.8, 4) is 0 Å². The molecule has 0 aliphatic carbocycles. The normalized spacial score (nSPS) is 25.9. The van der Waals surface area contributed by atoms with Crippen LogP contribution in [0.25, 0.3) is 0 Å². The fourth-order valence-electron chi connectivity index (χ4n) is 2.04. The number of halogens is 1. The standard InChI is InChI=1S/C12H18BrN3/c1-8-4-6-16(7-10(8)14)12-11(13)9(2)3-5-15-12/h3,5,8,10H,4,6-7,14H2,1-2H3. The number of pyridine rings is 1. The van der Waals surface area contributed by atoms with Gasteiger partial charge in [-0.3, -0.25) is 0 Å². The summed E-state index contributed by atoms with van der Waals surface area (Å²) in [6.45, 7) is 6.25. The Labute approximate surface area is 105 Å². The number of hydrogen-bond donors (Lipinski definition) is 1. The maximum atomic E-state index is 6.11. The van der Waals surface area contributed by atoms with E-state index in [1.54, 1.807) is 0 Å². The SMILES string of the molecule is Cc1ccnc(N2CCC(C)C(N)C2)c1Br. The lowest BCUT2D eigenvalue weighted by Gasteiger charge is -2.36. The number of anilines is 1. The van der Waals surface area contributed by atoms with Crippen molar-refractivity contribution < 1.29 is 0 Å². The summed E-state index contributed by atoms with van der Waals surface area (Å²) >= 11 is 3.61. The highest BCUT2D eigenvalue weighted by Crippen LogP contribution is 2.29. The lowest BCUT2D eigenvalue weighted by atomic mass is 9.94. The Morgan fingerprint density at radius 2 is 2.31 bits per heavy atom. The summed E-state index contributed by atoms with van der Waals surface area (Å²) in [5.74, 6) is 1.64. The smallest absolute Gasteiger partial charge is 0.143 e. The summed E-state index contributed by atoms with van der Waals surface area (Å²) in [7, 11) is 0. The van der Waals surface area contributed by atoms with E-state index in [0.717, 1.165) is 29.8 Å². The summed E-state index contributed by atoms with van der Waals surface area (Å²) < 4.78 is 1.09. The van der Waals surface area contributed by atoms with E-state index in [4.69, 9.17) is 5.73 Å². The monoisotopic (exact) mass is 283 g/mol. The highest BCUT2D eigenvalue weighted by molar-refractivity contribution is 9.10. The van der Waals surface area contributed by atoms with E-state index in [0.29, 0.717) is 5.92 Å². The fourth-order valence-corrected chi connectivity index (χ4v) is 2.52. The van der Waals surface area contributed by atoms with E-state index in [2.05, 4.69) is 39.7 Å². The van der Waals surface area contributed by atoms with Gasteiger partial charge in [0.25, 0.3) is 0 Å². The molecule has 3 nitrogen and oxygen atoms in total. The van der Waals surface area contributed by atoms with E-state index < -0.39 is 0 Å². The Kier molecular flexibility index (Phi) is 3.50. The molecule has 2 rings (SSSR count). The highest BCUT2D eigenvalue weighted by Gasteiger charge is 2.25. The maximum absolute atomic E-state index is 6.11. The first kappa shape index (κ1) is 11.9. The maximum Gasteiger partial charge on any atom is 0.143 e. The highest BCUT2D eigenvalue weighted by atomic mass is 79.9. The molecule has 0 saturated carbocycles. The van der Waals surface area contributed by atoms with Crippen LogP contribution in [0, 0.1) is 12.8 Å². The first-order chi connectivity index (χ1) is 7.59. The molecule has 2 atom stereocenters. The first-order valence-corrected chi connectivity index (χ1v) is 6.50. The third-order valence-corrected chi connectivity index (χ3v) is 4.36. The summed E-state index contributed by atoms with van der Waals surface area (Å²) in [6.07, 6.45) is 3.00. The van der Waals surface area contributed by atoms with E-state index in [9.17, 15) is 0 Å². The number of hydrogen-bond acceptors (Lipinski definition) is 3. The summed E-state index contributed by atoms with van der Waals surface area (Å²) in [5.41, 5.74) is 7.33. The molecule has 0 bridgehead atoms. The van der Waals surface area contributed by atoms with Gasteiger partial charge in [-0.2, -0.15) is 0 Å². The molecular weight excluding hydrogens is 266 g/mol. The Hall–Kier alpha value is -0.610. The molecule has 1 aliphatic heterocycles. The topological polar surface area (TPSA) is 42.2 Å². The molecule has 4 heteroatoms. The molecule has 1 aromatic rings. The molecule has 88 valence electrons. The summed E-state index contributed by atoms with van der Waals surface area (Å²) in [5, 5.41) is 0. The van der Waals surface area contributed by atoms with Crippen molar-refractivity contribution in [2.24, 2.45) is 11.7 Å². The van der Waals surface area contributed by atoms with Crippen LogP contribution in [-0.2, 0) is 0 Å². The minimum atomic E-state index is 0.253. The van der Waals surface area contributed by atoms with Gasteiger partial charge in [-0.05, 0) is 46.8 Å². The van der Waals surface area contributed by atoms with Gasteiger partial charge >= 0.3 is 0 Å². The number of nitrogens with two attached hydrogens (primary N) is 1. The van der Waals surface area contributed by atoms with Crippen LogP contribution < -0.4 is 10.6 Å². The van der Waals surface area contributed by atoms with E-state index in [-0.39, 0.29) is 6.04 Å². The van der Waals surface area contributed by atoms with Crippen LogP contribution in [0.5, 0.6) is 0 Å². The average Bonchev–Trinajstić information content (AvgIpc) is 2.26. The number of aryl methyl sites for hydroxylation is 1. The molecule has 2 unspecified atom stereocenters. The van der Waals surface area contributed by atoms with Gasteiger partial charge in [0.2, 0.25) is 0 Å². The molecule has 1 saturated heterocycles. The molecule has 0 amide bonds. The van der Waals surface area contributed by atoms with Crippen LogP contribution in [0.3, 0.4) is 0 Å². The van der Waals surface area contributed by atoms with Crippen molar-refractivity contribution in [1.29, 1.82) is 0 Å². The van der Waals surface area contributed by atoms with Crippen LogP contribution in [0.4, 0.5) is 5.82 Å². The van der Waals surface area contributed by atoms with Crippen molar-refractivity contribution in [2.45, 2.75) is 26.3 Å². The fraction of sp³-hybridized carbons (Fsp3) is 0.583. The second-order valence-corrected chi connectivity index (χ2v) is 5.43. The molecule has 1 aliphatic rings. The Balaban J connectivity index is 2.22. The van der Waals surface area contributed by atoms with Gasteiger partial charge in [0.15, 0.2) is 0 Å². The van der Waals surface area contributed by atoms with Gasteiger partial charge in [-0.25, -0.2) is 4.98 Å². The zero-order valence-electron chi connectivity index (χ0n) is 9.78. The van der Waals surface area contributed by atoms with E-state index in [1.807, 2.05) is 12.3 Å². The number of nitrogens with zero attached hydrogens (tertiary/aromatic N) is 2. The van der Waals surface area contributed by atoms with Gasteiger partial charge in [-0.1, -0.05) is 6.92 Å². The molecule has 16 heavy (non-hydrogen) atoms. The number of rotatable bonds is 1. The Morgan fingerprint density at radius 1 is 1.56 bits per heavy atom. The van der Waals surface area contributed by atoms with Crippen LogP contribution in [0.1, 0.15) is 18.9 Å². The lowest BCUT2D eigenvalue weighted by Crippen LogP contribution is -2.48. The largest absolute Gasteiger partial charge is 0.354 e. The predicted molar refractivity (Wildman–Crippen MR) is 70.6 cm³/mol. The minimum Gasteiger partial charge on any atom is -0.354 e. The summed E-state index contributed by atoms with van der Waals surface area (Å²) in [6, 6.07) is 2.27. The predicted octanol–water partition coefficient (Wildman–Crippen LogP) is 2.33. The van der Waals surface area contributed by atoms with Crippen LogP contribution in [-0.4, -0.2) is 24.1 Å². The van der Waals surface area contributed by atoms with E-state index >= 15 is 0 Å².